The Morgan fingerprint density at radius 2 is 2.17 bits per heavy atom. The van der Waals surface area contributed by atoms with Gasteiger partial charge in [-0.2, -0.15) is 0 Å². The van der Waals surface area contributed by atoms with Crippen molar-refractivity contribution in [1.82, 2.24) is 0 Å². The van der Waals surface area contributed by atoms with Gasteiger partial charge in [0.25, 0.3) is 5.69 Å². The highest BCUT2D eigenvalue weighted by Gasteiger charge is 2.09. The van der Waals surface area contributed by atoms with E-state index in [9.17, 15) is 14.9 Å². The van der Waals surface area contributed by atoms with Crippen molar-refractivity contribution in [3.05, 3.63) is 33.9 Å². The maximum Gasteiger partial charge on any atom is 0.273 e. The normalized spacial score (nSPS) is 9.33. The Morgan fingerprint density at radius 3 is 2.58 bits per heavy atom. The molecule has 0 unspecified atom stereocenters. The molecule has 0 fully saturated rings. The molecule has 0 aliphatic rings. The Kier molecular flexibility index (Phi) is 2.05. The van der Waals surface area contributed by atoms with Crippen LogP contribution in [0.25, 0.3) is 0 Å². The zero-order valence-corrected chi connectivity index (χ0v) is 5.85. The summed E-state index contributed by atoms with van der Waals surface area (Å²) in [5.41, 5.74) is -0.341. The van der Waals surface area contributed by atoms with E-state index in [0.717, 1.165) is 18.2 Å². The third-order valence-electron chi connectivity index (χ3n) is 1.30. The van der Waals surface area contributed by atoms with E-state index in [2.05, 4.69) is 0 Å². The number of carbonyl (C=O) groups excluding carboxylic acids is 1. The van der Waals surface area contributed by atoms with Gasteiger partial charge in [-0.05, 0) is 6.07 Å². The van der Waals surface area contributed by atoms with Gasteiger partial charge in [-0.25, -0.2) is 0 Å². The van der Waals surface area contributed by atoms with E-state index < -0.39 is 10.7 Å². The van der Waals surface area contributed by atoms with Crippen molar-refractivity contribution in [2.24, 2.45) is 0 Å². The minimum absolute atomic E-state index is 0.0828. The molecule has 1 aromatic carbocycles. The summed E-state index contributed by atoms with van der Waals surface area (Å²) >= 11 is 0. The molecule has 0 amide bonds. The average molecular weight is 166 g/mol. The molecule has 0 atom stereocenters. The van der Waals surface area contributed by atoms with Crippen molar-refractivity contribution in [3.8, 4) is 5.75 Å². The van der Waals surface area contributed by atoms with E-state index in [1.54, 1.807) is 0 Å². The highest BCUT2D eigenvalue weighted by atomic mass is 16.6. The van der Waals surface area contributed by atoms with E-state index in [4.69, 9.17) is 5.11 Å². The molecular weight excluding hydrogens is 162 g/mol. The van der Waals surface area contributed by atoms with Crippen molar-refractivity contribution in [2.45, 2.75) is 0 Å². The number of phenolic OH excluding ortho intramolecular Hbond substituents is 1. The van der Waals surface area contributed by atoms with E-state index in [1.165, 1.54) is 6.29 Å². The zero-order chi connectivity index (χ0) is 9.14. The largest absolute Gasteiger partial charge is 0.507 e. The molecule has 0 spiro atoms. The smallest absolute Gasteiger partial charge is 0.273 e. The van der Waals surface area contributed by atoms with Crippen LogP contribution in [0.5, 0.6) is 5.75 Å². The SMILES string of the molecule is O=[C]c1ccc([N+](=O)[O-])cc1O. The molecule has 1 radical (unpaired) electrons. The van der Waals surface area contributed by atoms with Crippen molar-refractivity contribution < 1.29 is 14.8 Å². The van der Waals surface area contributed by atoms with E-state index in [-0.39, 0.29) is 11.3 Å². The number of hydrogen-bond acceptors (Lipinski definition) is 4. The van der Waals surface area contributed by atoms with Gasteiger partial charge in [-0.1, -0.05) is 0 Å². The van der Waals surface area contributed by atoms with Crippen molar-refractivity contribution in [2.75, 3.05) is 0 Å². The Bertz CT molecular complexity index is 334. The van der Waals surface area contributed by atoms with Gasteiger partial charge in [0.05, 0.1) is 16.6 Å². The van der Waals surface area contributed by atoms with Crippen LogP contribution < -0.4 is 0 Å². The van der Waals surface area contributed by atoms with Gasteiger partial charge in [-0.15, -0.1) is 0 Å². The summed E-state index contributed by atoms with van der Waals surface area (Å²) in [5, 5.41) is 19.1. The summed E-state index contributed by atoms with van der Waals surface area (Å²) < 4.78 is 0. The van der Waals surface area contributed by atoms with Crippen LogP contribution in [0.1, 0.15) is 5.56 Å². The minimum Gasteiger partial charge on any atom is -0.507 e. The van der Waals surface area contributed by atoms with Gasteiger partial charge in [0.15, 0.2) is 0 Å². The topological polar surface area (TPSA) is 80.4 Å². The standard InChI is InChI=1S/C7H4NO4/c9-4-5-1-2-6(8(11)12)3-7(5)10/h1-3,10H. The molecule has 0 aromatic heterocycles. The average Bonchev–Trinajstić information content (AvgIpc) is 2.04. The van der Waals surface area contributed by atoms with Gasteiger partial charge in [-0.3, -0.25) is 14.9 Å². The zero-order valence-electron chi connectivity index (χ0n) is 5.85. The second-order valence-corrected chi connectivity index (χ2v) is 2.06. The first-order valence-electron chi connectivity index (χ1n) is 3.00. The lowest BCUT2D eigenvalue weighted by atomic mass is 10.2. The lowest BCUT2D eigenvalue weighted by molar-refractivity contribution is -0.384. The molecule has 0 saturated heterocycles. The summed E-state index contributed by atoms with van der Waals surface area (Å²) in [5.74, 6) is -0.431. The van der Waals surface area contributed by atoms with Crippen LogP contribution in [0.2, 0.25) is 0 Å². The van der Waals surface area contributed by atoms with Crippen LogP contribution in [0.3, 0.4) is 0 Å². The second kappa shape index (κ2) is 3.00. The second-order valence-electron chi connectivity index (χ2n) is 2.06. The number of aromatic hydroxyl groups is 1. The van der Waals surface area contributed by atoms with Crippen LogP contribution >= 0.6 is 0 Å². The van der Waals surface area contributed by atoms with Crippen molar-refractivity contribution in [1.29, 1.82) is 0 Å². The molecule has 1 aromatic rings. The Hall–Kier alpha value is -1.91. The van der Waals surface area contributed by atoms with Gasteiger partial charge >= 0.3 is 0 Å². The molecule has 1 rings (SSSR count). The van der Waals surface area contributed by atoms with E-state index in [0.29, 0.717) is 0 Å². The van der Waals surface area contributed by atoms with Gasteiger partial charge < -0.3 is 5.11 Å². The number of nitrogens with zero attached hydrogens (tertiary/aromatic N) is 1. The summed E-state index contributed by atoms with van der Waals surface area (Å²) in [6.45, 7) is 0. The Morgan fingerprint density at radius 1 is 1.50 bits per heavy atom. The van der Waals surface area contributed by atoms with Gasteiger partial charge in [0.2, 0.25) is 6.29 Å². The summed E-state index contributed by atoms with van der Waals surface area (Å²) in [7, 11) is 0. The number of phenols is 1. The Balaban J connectivity index is 3.18. The number of benzene rings is 1. The molecule has 5 nitrogen and oxygen atoms in total. The van der Waals surface area contributed by atoms with Crippen LogP contribution in [0.15, 0.2) is 18.2 Å². The molecule has 61 valence electrons. The molecule has 12 heavy (non-hydrogen) atoms. The molecule has 0 bridgehead atoms. The third kappa shape index (κ3) is 1.39. The van der Waals surface area contributed by atoms with E-state index >= 15 is 0 Å². The molecule has 1 N–H and O–H groups in total. The first-order valence-corrected chi connectivity index (χ1v) is 3.00. The first-order chi connectivity index (χ1) is 5.65. The fourth-order valence-electron chi connectivity index (χ4n) is 0.720. The lowest BCUT2D eigenvalue weighted by Crippen LogP contribution is -1.89. The molecule has 5 heteroatoms. The first kappa shape index (κ1) is 8.19. The van der Waals surface area contributed by atoms with E-state index in [1.807, 2.05) is 0 Å². The molecule has 0 saturated carbocycles. The number of nitro groups is 1. The van der Waals surface area contributed by atoms with Crippen LogP contribution in [0, 0.1) is 10.1 Å². The molecule has 0 heterocycles. The number of non-ortho nitro benzene ring substituents is 1. The van der Waals surface area contributed by atoms with Gasteiger partial charge in [0, 0.05) is 6.07 Å². The molecular formula is C7H4NO4. The van der Waals surface area contributed by atoms with Crippen molar-refractivity contribution in [3.63, 3.8) is 0 Å². The molecule has 0 aliphatic heterocycles. The fraction of sp³-hybridized carbons (Fsp3) is 0. The quantitative estimate of drug-likeness (QED) is 0.519. The summed E-state index contributed by atoms with van der Waals surface area (Å²) in [6.07, 6.45) is 1.44. The minimum atomic E-state index is -0.658. The molecule has 0 aliphatic carbocycles. The third-order valence-corrected chi connectivity index (χ3v) is 1.30. The predicted molar refractivity (Wildman–Crippen MR) is 39.6 cm³/mol. The predicted octanol–water partition coefficient (Wildman–Crippen LogP) is 0.758. The maximum atomic E-state index is 10.1. The van der Waals surface area contributed by atoms with Crippen LogP contribution in [-0.2, 0) is 4.79 Å². The van der Waals surface area contributed by atoms with Crippen molar-refractivity contribution >= 4 is 12.0 Å². The Labute approximate surface area is 67.4 Å². The summed E-state index contributed by atoms with van der Waals surface area (Å²) in [4.78, 5) is 19.5. The fourth-order valence-corrected chi connectivity index (χ4v) is 0.720. The van der Waals surface area contributed by atoms with Gasteiger partial charge in [0.1, 0.15) is 5.75 Å². The summed E-state index contributed by atoms with van der Waals surface area (Å²) in [6, 6.07) is 3.17. The van der Waals surface area contributed by atoms with Crippen LogP contribution in [0.4, 0.5) is 5.69 Å². The maximum absolute atomic E-state index is 10.1. The monoisotopic (exact) mass is 166 g/mol. The number of hydrogen-bond donors (Lipinski definition) is 1. The highest BCUT2D eigenvalue weighted by Crippen LogP contribution is 2.21. The lowest BCUT2D eigenvalue weighted by Gasteiger charge is -1.94. The number of nitro benzene ring substituents is 1. The van der Waals surface area contributed by atoms with Crippen LogP contribution in [-0.4, -0.2) is 16.3 Å². The highest BCUT2D eigenvalue weighted by molar-refractivity contribution is 5.80. The number of rotatable bonds is 2.